The second-order valence-corrected chi connectivity index (χ2v) is 3.38. The van der Waals surface area contributed by atoms with Gasteiger partial charge in [-0.25, -0.2) is 0 Å². The molecule has 5 heteroatoms. The van der Waals surface area contributed by atoms with Gasteiger partial charge in [-0.2, -0.15) is 5.26 Å². The van der Waals surface area contributed by atoms with Crippen LogP contribution in [0, 0.1) is 11.3 Å². The van der Waals surface area contributed by atoms with Gasteiger partial charge in [0.05, 0.1) is 13.7 Å². The first-order chi connectivity index (χ1) is 8.62. The lowest BCUT2D eigenvalue weighted by Crippen LogP contribution is -2.12. The van der Waals surface area contributed by atoms with E-state index in [1.165, 1.54) is 13.2 Å². The van der Waals surface area contributed by atoms with E-state index in [0.29, 0.717) is 23.7 Å². The summed E-state index contributed by atoms with van der Waals surface area (Å²) in [5.41, 5.74) is 5.60. The highest BCUT2D eigenvalue weighted by atomic mass is 16.5. The summed E-state index contributed by atoms with van der Waals surface area (Å²) in [5, 5.41) is 8.76. The third-order valence-electron chi connectivity index (χ3n) is 2.18. The lowest BCUT2D eigenvalue weighted by Gasteiger charge is -2.09. The van der Waals surface area contributed by atoms with Crippen molar-refractivity contribution >= 4 is 12.0 Å². The number of ether oxygens (including phenoxy) is 2. The van der Waals surface area contributed by atoms with E-state index in [-0.39, 0.29) is 5.57 Å². The molecule has 0 saturated heterocycles. The zero-order valence-corrected chi connectivity index (χ0v) is 10.3. The van der Waals surface area contributed by atoms with Crippen LogP contribution in [0.4, 0.5) is 0 Å². The van der Waals surface area contributed by atoms with Gasteiger partial charge >= 0.3 is 0 Å². The lowest BCUT2D eigenvalue weighted by atomic mass is 10.1. The maximum Gasteiger partial charge on any atom is 0.259 e. The van der Waals surface area contributed by atoms with Gasteiger partial charge in [0.25, 0.3) is 5.91 Å². The number of carbonyl (C=O) groups is 1. The number of hydrogen-bond donors (Lipinski definition) is 1. The van der Waals surface area contributed by atoms with Crippen LogP contribution >= 0.6 is 0 Å². The number of rotatable bonds is 5. The Bertz CT molecular complexity index is 515. The van der Waals surface area contributed by atoms with Crippen molar-refractivity contribution < 1.29 is 14.3 Å². The van der Waals surface area contributed by atoms with Gasteiger partial charge in [0.2, 0.25) is 0 Å². The van der Waals surface area contributed by atoms with E-state index in [1.807, 2.05) is 6.92 Å². The van der Waals surface area contributed by atoms with Crippen molar-refractivity contribution in [3.8, 4) is 17.6 Å². The Hall–Kier alpha value is -2.48. The van der Waals surface area contributed by atoms with Crippen LogP contribution in [0.3, 0.4) is 0 Å². The fourth-order valence-electron chi connectivity index (χ4n) is 1.38. The average Bonchev–Trinajstić information content (AvgIpc) is 2.36. The maximum atomic E-state index is 10.9. The average molecular weight is 246 g/mol. The molecule has 0 aliphatic carbocycles. The van der Waals surface area contributed by atoms with E-state index < -0.39 is 5.91 Å². The zero-order chi connectivity index (χ0) is 13.5. The highest BCUT2D eigenvalue weighted by Crippen LogP contribution is 2.28. The summed E-state index contributed by atoms with van der Waals surface area (Å²) in [6.45, 7) is 2.34. The molecule has 0 unspecified atom stereocenters. The fourth-order valence-corrected chi connectivity index (χ4v) is 1.38. The summed E-state index contributed by atoms with van der Waals surface area (Å²) in [4.78, 5) is 10.9. The lowest BCUT2D eigenvalue weighted by molar-refractivity contribution is -0.114. The largest absolute Gasteiger partial charge is 0.493 e. The van der Waals surface area contributed by atoms with Crippen molar-refractivity contribution in [2.45, 2.75) is 6.92 Å². The van der Waals surface area contributed by atoms with Crippen LogP contribution in [0.25, 0.3) is 6.08 Å². The number of carbonyl (C=O) groups excluding carboxylic acids is 1. The van der Waals surface area contributed by atoms with Crippen molar-refractivity contribution in [2.24, 2.45) is 5.73 Å². The molecule has 0 atom stereocenters. The topological polar surface area (TPSA) is 85.3 Å². The predicted molar refractivity (Wildman–Crippen MR) is 66.9 cm³/mol. The van der Waals surface area contributed by atoms with Crippen molar-refractivity contribution in [3.05, 3.63) is 29.3 Å². The summed E-state index contributed by atoms with van der Waals surface area (Å²) >= 11 is 0. The SMILES string of the molecule is CCOc1cc(/C=C(/C#N)C(N)=O)ccc1OC. The molecule has 1 rings (SSSR count). The van der Waals surface area contributed by atoms with E-state index in [0.717, 1.165) is 0 Å². The number of hydrogen-bond acceptors (Lipinski definition) is 4. The molecule has 0 aliphatic rings. The minimum absolute atomic E-state index is 0.109. The molecule has 18 heavy (non-hydrogen) atoms. The van der Waals surface area contributed by atoms with E-state index in [9.17, 15) is 4.79 Å². The number of nitrogens with two attached hydrogens (primary N) is 1. The van der Waals surface area contributed by atoms with Gasteiger partial charge in [0.1, 0.15) is 11.6 Å². The second kappa shape index (κ2) is 6.30. The van der Waals surface area contributed by atoms with Gasteiger partial charge in [0, 0.05) is 0 Å². The summed E-state index contributed by atoms with van der Waals surface area (Å²) < 4.78 is 10.5. The molecule has 1 aromatic rings. The Morgan fingerprint density at radius 2 is 2.22 bits per heavy atom. The van der Waals surface area contributed by atoms with Crippen LogP contribution in [0.15, 0.2) is 23.8 Å². The quantitative estimate of drug-likeness (QED) is 0.630. The molecular formula is C13H14N2O3. The van der Waals surface area contributed by atoms with Crippen molar-refractivity contribution in [3.63, 3.8) is 0 Å². The van der Waals surface area contributed by atoms with E-state index in [2.05, 4.69) is 0 Å². The summed E-state index contributed by atoms with van der Waals surface area (Å²) in [5.74, 6) is 0.383. The van der Waals surface area contributed by atoms with Crippen LogP contribution in [0.1, 0.15) is 12.5 Å². The van der Waals surface area contributed by atoms with Crippen LogP contribution in [-0.4, -0.2) is 19.6 Å². The molecule has 0 radical (unpaired) electrons. The minimum Gasteiger partial charge on any atom is -0.493 e. The first-order valence-electron chi connectivity index (χ1n) is 5.34. The molecule has 1 aromatic carbocycles. The van der Waals surface area contributed by atoms with Gasteiger partial charge in [0.15, 0.2) is 11.5 Å². The molecule has 0 bridgehead atoms. The fraction of sp³-hybridized carbons (Fsp3) is 0.231. The Morgan fingerprint density at radius 1 is 1.50 bits per heavy atom. The smallest absolute Gasteiger partial charge is 0.259 e. The Labute approximate surface area is 105 Å². The third-order valence-corrected chi connectivity index (χ3v) is 2.18. The summed E-state index contributed by atoms with van der Waals surface area (Å²) in [6.07, 6.45) is 1.41. The first-order valence-corrected chi connectivity index (χ1v) is 5.34. The molecule has 0 aromatic heterocycles. The molecular weight excluding hydrogens is 232 g/mol. The number of methoxy groups -OCH3 is 1. The maximum absolute atomic E-state index is 10.9. The van der Waals surface area contributed by atoms with Gasteiger partial charge in [-0.3, -0.25) is 4.79 Å². The minimum atomic E-state index is -0.758. The van der Waals surface area contributed by atoms with Crippen LogP contribution in [-0.2, 0) is 4.79 Å². The molecule has 1 amide bonds. The molecule has 0 heterocycles. The number of nitriles is 1. The molecule has 94 valence electrons. The Morgan fingerprint density at radius 3 is 2.72 bits per heavy atom. The number of primary amides is 1. The molecule has 0 fully saturated rings. The highest BCUT2D eigenvalue weighted by Gasteiger charge is 2.07. The summed E-state index contributed by atoms with van der Waals surface area (Å²) in [6, 6.07) is 6.84. The number of amides is 1. The zero-order valence-electron chi connectivity index (χ0n) is 10.3. The van der Waals surface area contributed by atoms with Gasteiger partial charge < -0.3 is 15.2 Å². The van der Waals surface area contributed by atoms with Gasteiger partial charge in [-0.15, -0.1) is 0 Å². The first kappa shape index (κ1) is 13.6. The van der Waals surface area contributed by atoms with Crippen molar-refractivity contribution in [2.75, 3.05) is 13.7 Å². The number of benzene rings is 1. The Balaban J connectivity index is 3.16. The molecule has 0 aliphatic heterocycles. The molecule has 2 N–H and O–H groups in total. The van der Waals surface area contributed by atoms with E-state index >= 15 is 0 Å². The highest BCUT2D eigenvalue weighted by molar-refractivity contribution is 6.00. The normalized spacial score (nSPS) is 10.6. The van der Waals surface area contributed by atoms with Crippen molar-refractivity contribution in [1.29, 1.82) is 5.26 Å². The van der Waals surface area contributed by atoms with Crippen LogP contribution in [0.2, 0.25) is 0 Å². The third kappa shape index (κ3) is 3.25. The van der Waals surface area contributed by atoms with Gasteiger partial charge in [-0.05, 0) is 30.7 Å². The molecule has 0 saturated carbocycles. The Kier molecular flexibility index (Phi) is 4.76. The van der Waals surface area contributed by atoms with Crippen molar-refractivity contribution in [1.82, 2.24) is 0 Å². The standard InChI is InChI=1S/C13H14N2O3/c1-3-18-12-7-9(4-5-11(12)17-2)6-10(8-14)13(15)16/h4-7H,3H2,1-2H3,(H2,15,16)/b10-6-. The monoisotopic (exact) mass is 246 g/mol. The molecule has 0 spiro atoms. The van der Waals surface area contributed by atoms with Gasteiger partial charge in [-0.1, -0.05) is 6.07 Å². The predicted octanol–water partition coefficient (Wildman–Crippen LogP) is 1.49. The van der Waals surface area contributed by atoms with Crippen LogP contribution in [0.5, 0.6) is 11.5 Å². The van der Waals surface area contributed by atoms with Crippen LogP contribution < -0.4 is 15.2 Å². The molecule has 5 nitrogen and oxygen atoms in total. The second-order valence-electron chi connectivity index (χ2n) is 3.38. The number of nitrogens with zero attached hydrogens (tertiary/aromatic N) is 1. The van der Waals surface area contributed by atoms with E-state index in [1.54, 1.807) is 24.3 Å². The van der Waals surface area contributed by atoms with E-state index in [4.69, 9.17) is 20.5 Å². The summed E-state index contributed by atoms with van der Waals surface area (Å²) in [7, 11) is 1.54.